The lowest BCUT2D eigenvalue weighted by Crippen LogP contribution is -2.25. The third-order valence-electron chi connectivity index (χ3n) is 2.93. The molecule has 0 bridgehead atoms. The van der Waals surface area contributed by atoms with Crippen LogP contribution < -0.4 is 0 Å². The number of thiazole rings is 1. The highest BCUT2D eigenvalue weighted by atomic mass is 32.1. The van der Waals surface area contributed by atoms with Gasteiger partial charge in [-0.1, -0.05) is 18.2 Å². The maximum Gasteiger partial charge on any atom is 0.314 e. The molecule has 0 amide bonds. The number of esters is 1. The molecule has 4 nitrogen and oxygen atoms in total. The van der Waals surface area contributed by atoms with Crippen LogP contribution in [0.25, 0.3) is 11.3 Å². The van der Waals surface area contributed by atoms with Crippen molar-refractivity contribution in [3.05, 3.63) is 40.2 Å². The van der Waals surface area contributed by atoms with Crippen LogP contribution in [0.5, 0.6) is 0 Å². The average molecular weight is 317 g/mol. The van der Waals surface area contributed by atoms with Gasteiger partial charge in [0.1, 0.15) is 12.0 Å². The van der Waals surface area contributed by atoms with Crippen molar-refractivity contribution in [3.63, 3.8) is 0 Å². The molecular weight excluding hydrogens is 298 g/mol. The quantitative estimate of drug-likeness (QED) is 0.485. The Morgan fingerprint density at radius 1 is 1.27 bits per heavy atom. The van der Waals surface area contributed by atoms with Crippen molar-refractivity contribution >= 4 is 23.1 Å². The van der Waals surface area contributed by atoms with Gasteiger partial charge in [0.25, 0.3) is 0 Å². The lowest BCUT2D eigenvalue weighted by molar-refractivity contribution is -0.153. The van der Waals surface area contributed by atoms with Crippen molar-refractivity contribution in [2.75, 3.05) is 0 Å². The molecule has 0 N–H and O–H groups in total. The Morgan fingerprint density at radius 3 is 2.59 bits per heavy atom. The van der Waals surface area contributed by atoms with Crippen LogP contribution in [0, 0.1) is 6.92 Å². The van der Waals surface area contributed by atoms with E-state index in [4.69, 9.17) is 4.74 Å². The first-order valence-corrected chi connectivity index (χ1v) is 7.90. The largest absolute Gasteiger partial charge is 0.460 e. The number of rotatable bonds is 4. The Morgan fingerprint density at radius 2 is 2.00 bits per heavy atom. The van der Waals surface area contributed by atoms with Gasteiger partial charge >= 0.3 is 5.97 Å². The van der Waals surface area contributed by atoms with Crippen molar-refractivity contribution in [3.8, 4) is 11.3 Å². The van der Waals surface area contributed by atoms with E-state index < -0.39 is 11.6 Å². The number of benzene rings is 1. The van der Waals surface area contributed by atoms with Gasteiger partial charge in [-0.3, -0.25) is 9.59 Å². The number of ketones is 1. The molecule has 22 heavy (non-hydrogen) atoms. The molecule has 0 saturated heterocycles. The first-order valence-electron chi connectivity index (χ1n) is 7.02. The molecule has 1 aromatic carbocycles. The average Bonchev–Trinajstić information content (AvgIpc) is 2.83. The Labute approximate surface area is 134 Å². The molecule has 2 aromatic rings. The summed E-state index contributed by atoms with van der Waals surface area (Å²) < 4.78 is 5.18. The molecular formula is C17H19NO3S. The van der Waals surface area contributed by atoms with E-state index in [1.165, 1.54) is 0 Å². The smallest absolute Gasteiger partial charge is 0.314 e. The fourth-order valence-electron chi connectivity index (χ4n) is 2.03. The maximum atomic E-state index is 12.2. The summed E-state index contributed by atoms with van der Waals surface area (Å²) in [4.78, 5) is 29.4. The maximum absolute atomic E-state index is 12.2. The summed E-state index contributed by atoms with van der Waals surface area (Å²) in [6.07, 6.45) is -0.253. The van der Waals surface area contributed by atoms with Crippen LogP contribution in [0.4, 0.5) is 0 Å². The van der Waals surface area contributed by atoms with Crippen molar-refractivity contribution in [2.24, 2.45) is 0 Å². The van der Waals surface area contributed by atoms with Gasteiger partial charge < -0.3 is 4.74 Å². The van der Waals surface area contributed by atoms with E-state index in [-0.39, 0.29) is 12.2 Å². The predicted octanol–water partition coefficient (Wildman–Crippen LogP) is 4.03. The minimum Gasteiger partial charge on any atom is -0.460 e. The predicted molar refractivity (Wildman–Crippen MR) is 87.1 cm³/mol. The number of carbonyl (C=O) groups excluding carboxylic acids is 2. The van der Waals surface area contributed by atoms with E-state index in [0.29, 0.717) is 5.56 Å². The monoisotopic (exact) mass is 317 g/mol. The normalized spacial score (nSPS) is 11.3. The van der Waals surface area contributed by atoms with E-state index in [2.05, 4.69) is 4.98 Å². The fraction of sp³-hybridized carbons (Fsp3) is 0.353. The van der Waals surface area contributed by atoms with Crippen LogP contribution >= 0.6 is 11.3 Å². The number of ether oxygens (including phenoxy) is 1. The summed E-state index contributed by atoms with van der Waals surface area (Å²) in [5, 5.41) is 0. The summed E-state index contributed by atoms with van der Waals surface area (Å²) in [5.41, 5.74) is 3.44. The van der Waals surface area contributed by atoms with Gasteiger partial charge in [-0.05, 0) is 33.8 Å². The van der Waals surface area contributed by atoms with E-state index >= 15 is 0 Å². The highest BCUT2D eigenvalue weighted by Crippen LogP contribution is 2.25. The van der Waals surface area contributed by atoms with Gasteiger partial charge in [-0.2, -0.15) is 0 Å². The van der Waals surface area contributed by atoms with Crippen molar-refractivity contribution in [1.29, 1.82) is 0 Å². The second-order valence-electron chi connectivity index (χ2n) is 6.02. The van der Waals surface area contributed by atoms with E-state index in [1.807, 2.05) is 13.0 Å². The van der Waals surface area contributed by atoms with Crippen molar-refractivity contribution < 1.29 is 14.3 Å². The summed E-state index contributed by atoms with van der Waals surface area (Å²) in [6, 6.07) is 7.19. The highest BCUT2D eigenvalue weighted by molar-refractivity contribution is 7.10. The van der Waals surface area contributed by atoms with Crippen LogP contribution in [0.3, 0.4) is 0 Å². The molecule has 1 aromatic heterocycles. The van der Waals surface area contributed by atoms with E-state index in [9.17, 15) is 9.59 Å². The molecule has 0 aliphatic heterocycles. The number of nitrogens with zero attached hydrogens (tertiary/aromatic N) is 1. The van der Waals surface area contributed by atoms with Crippen molar-refractivity contribution in [1.82, 2.24) is 4.98 Å². The molecule has 116 valence electrons. The zero-order chi connectivity index (χ0) is 16.3. The number of aromatic nitrogens is 1. The van der Waals surface area contributed by atoms with Gasteiger partial charge in [0.05, 0.1) is 11.2 Å². The fourth-order valence-corrected chi connectivity index (χ4v) is 2.63. The lowest BCUT2D eigenvalue weighted by Gasteiger charge is -2.19. The zero-order valence-corrected chi connectivity index (χ0v) is 14.0. The zero-order valence-electron chi connectivity index (χ0n) is 13.2. The topological polar surface area (TPSA) is 56.3 Å². The third-order valence-corrected chi connectivity index (χ3v) is 3.69. The molecule has 0 fully saturated rings. The molecule has 5 heteroatoms. The Hall–Kier alpha value is -2.01. The number of hydrogen-bond acceptors (Lipinski definition) is 5. The summed E-state index contributed by atoms with van der Waals surface area (Å²) in [5.74, 6) is -0.753. The molecule has 0 radical (unpaired) electrons. The van der Waals surface area contributed by atoms with Crippen LogP contribution in [-0.4, -0.2) is 22.3 Å². The highest BCUT2D eigenvalue weighted by Gasteiger charge is 2.20. The second kappa shape index (κ2) is 6.40. The minimum absolute atomic E-state index is 0.246. The SMILES string of the molecule is Cc1scnc1-c1cccc(C(=O)CC(=O)OC(C)(C)C)c1. The second-order valence-corrected chi connectivity index (χ2v) is 7.08. The van der Waals surface area contributed by atoms with Crippen LogP contribution in [0.2, 0.25) is 0 Å². The summed E-state index contributed by atoms with van der Waals surface area (Å²) in [6.45, 7) is 7.32. The number of carbonyl (C=O) groups is 2. The Kier molecular flexibility index (Phi) is 4.76. The Balaban J connectivity index is 2.15. The molecule has 0 spiro atoms. The van der Waals surface area contributed by atoms with Crippen LogP contribution in [0.1, 0.15) is 42.4 Å². The van der Waals surface area contributed by atoms with Gasteiger partial charge in [0, 0.05) is 16.0 Å². The van der Waals surface area contributed by atoms with Gasteiger partial charge in [0.2, 0.25) is 0 Å². The molecule has 0 aliphatic rings. The first-order chi connectivity index (χ1) is 10.3. The third kappa shape index (κ3) is 4.24. The molecule has 0 atom stereocenters. The van der Waals surface area contributed by atoms with E-state index in [0.717, 1.165) is 16.1 Å². The summed E-state index contributed by atoms with van der Waals surface area (Å²) in [7, 11) is 0. The van der Waals surface area contributed by atoms with Gasteiger partial charge in [0.15, 0.2) is 5.78 Å². The first kappa shape index (κ1) is 16.4. The molecule has 0 aliphatic carbocycles. The number of Topliss-reactive ketones (excluding diaryl/α,β-unsaturated/α-hetero) is 1. The molecule has 0 unspecified atom stereocenters. The molecule has 0 saturated carbocycles. The molecule has 1 heterocycles. The number of hydrogen-bond donors (Lipinski definition) is 0. The van der Waals surface area contributed by atoms with Crippen LogP contribution in [0.15, 0.2) is 29.8 Å². The summed E-state index contributed by atoms with van der Waals surface area (Å²) >= 11 is 1.56. The Bertz CT molecular complexity index is 698. The minimum atomic E-state index is -0.586. The standard InChI is InChI=1S/C17H19NO3S/c1-11-16(18-10-22-11)13-7-5-6-12(8-13)14(19)9-15(20)21-17(2,3)4/h5-8,10H,9H2,1-4H3. The molecule has 2 rings (SSSR count). The van der Waals surface area contributed by atoms with Gasteiger partial charge in [-0.15, -0.1) is 11.3 Å². The van der Waals surface area contributed by atoms with Gasteiger partial charge in [-0.25, -0.2) is 4.98 Å². The lowest BCUT2D eigenvalue weighted by atomic mass is 10.0. The van der Waals surface area contributed by atoms with E-state index in [1.54, 1.807) is 55.8 Å². The van der Waals surface area contributed by atoms with Crippen molar-refractivity contribution in [2.45, 2.75) is 39.7 Å². The van der Waals surface area contributed by atoms with Crippen LogP contribution in [-0.2, 0) is 9.53 Å². The number of aryl methyl sites for hydroxylation is 1.